The minimum atomic E-state index is -3.35. The van der Waals surface area contributed by atoms with E-state index in [9.17, 15) is 13.2 Å². The highest BCUT2D eigenvalue weighted by Crippen LogP contribution is 2.21. The molecule has 0 radical (unpaired) electrons. The molecule has 22 heavy (non-hydrogen) atoms. The zero-order chi connectivity index (χ0) is 16.2. The molecule has 0 aliphatic heterocycles. The molecule has 0 saturated heterocycles. The molecule has 0 aliphatic carbocycles. The van der Waals surface area contributed by atoms with Crippen molar-refractivity contribution in [1.82, 2.24) is 0 Å². The van der Waals surface area contributed by atoms with Crippen LogP contribution in [0.1, 0.15) is 12.5 Å². The summed E-state index contributed by atoms with van der Waals surface area (Å²) in [5.74, 6) is -0.331. The smallest absolute Gasteiger partial charge is 0.343 e. The van der Waals surface area contributed by atoms with Gasteiger partial charge in [-0.3, -0.25) is 0 Å². The van der Waals surface area contributed by atoms with Crippen LogP contribution >= 0.6 is 0 Å². The molecular weight excluding hydrogens is 300 g/mol. The predicted octanol–water partition coefficient (Wildman–Crippen LogP) is 3.10. The Bertz CT molecular complexity index is 806. The number of hydrogen-bond donors (Lipinski definition) is 0. The number of hydrogen-bond acceptors (Lipinski definition) is 4. The highest BCUT2D eigenvalue weighted by atomic mass is 32.2. The van der Waals surface area contributed by atoms with Crippen molar-refractivity contribution in [3.63, 3.8) is 0 Å². The van der Waals surface area contributed by atoms with Gasteiger partial charge in [-0.25, -0.2) is 13.2 Å². The van der Waals surface area contributed by atoms with Crippen LogP contribution < -0.4 is 4.74 Å². The van der Waals surface area contributed by atoms with E-state index in [4.69, 9.17) is 4.74 Å². The molecule has 0 fully saturated rings. The fourth-order valence-electron chi connectivity index (χ4n) is 1.95. The van der Waals surface area contributed by atoms with Crippen molar-refractivity contribution in [1.29, 1.82) is 0 Å². The van der Waals surface area contributed by atoms with Crippen molar-refractivity contribution >= 4 is 21.4 Å². The van der Waals surface area contributed by atoms with Crippen molar-refractivity contribution < 1.29 is 17.9 Å². The van der Waals surface area contributed by atoms with Crippen LogP contribution in [-0.4, -0.2) is 20.6 Å². The number of carbonyl (C=O) groups excluding carboxylic acids is 1. The maximum Gasteiger partial charge on any atom is 0.343 e. The van der Waals surface area contributed by atoms with Crippen LogP contribution in [0.25, 0.3) is 5.57 Å². The molecule has 0 saturated carbocycles. The fraction of sp³-hybridized carbons (Fsp3) is 0.118. The zero-order valence-electron chi connectivity index (χ0n) is 12.3. The molecule has 0 amide bonds. The lowest BCUT2D eigenvalue weighted by atomic mass is 10.1. The zero-order valence-corrected chi connectivity index (χ0v) is 13.1. The Morgan fingerprint density at radius 2 is 1.73 bits per heavy atom. The van der Waals surface area contributed by atoms with E-state index < -0.39 is 15.8 Å². The molecule has 0 atom stereocenters. The summed E-state index contributed by atoms with van der Waals surface area (Å²) in [6.45, 7) is 1.75. The minimum Gasteiger partial charge on any atom is -0.423 e. The molecule has 5 heteroatoms. The second kappa shape index (κ2) is 6.58. The topological polar surface area (TPSA) is 60.4 Å². The molecular formula is C17H16O4S. The summed E-state index contributed by atoms with van der Waals surface area (Å²) in [6, 6.07) is 15.0. The van der Waals surface area contributed by atoms with Crippen LogP contribution in [0, 0.1) is 0 Å². The first kappa shape index (κ1) is 16.0. The molecule has 4 nitrogen and oxygen atoms in total. The van der Waals surface area contributed by atoms with E-state index in [1.807, 2.05) is 30.3 Å². The quantitative estimate of drug-likeness (QED) is 0.494. The van der Waals surface area contributed by atoms with Gasteiger partial charge in [0.1, 0.15) is 5.75 Å². The van der Waals surface area contributed by atoms with E-state index >= 15 is 0 Å². The summed E-state index contributed by atoms with van der Waals surface area (Å²) in [5, 5.41) is 0. The molecule has 0 heterocycles. The van der Waals surface area contributed by atoms with Gasteiger partial charge >= 0.3 is 5.97 Å². The SMILES string of the molecule is CC=C(C(=O)Oc1cccc(S(C)(=O)=O)c1)c1ccccc1. The number of benzene rings is 2. The predicted molar refractivity (Wildman–Crippen MR) is 85.3 cm³/mol. The summed E-state index contributed by atoms with van der Waals surface area (Å²) in [6.07, 6.45) is 2.77. The molecule has 0 N–H and O–H groups in total. The molecule has 2 rings (SSSR count). The Labute approximate surface area is 130 Å². The summed E-state index contributed by atoms with van der Waals surface area (Å²) in [4.78, 5) is 12.4. The lowest BCUT2D eigenvalue weighted by Gasteiger charge is -2.09. The first-order chi connectivity index (χ1) is 10.4. The molecule has 2 aromatic rings. The van der Waals surface area contributed by atoms with Crippen molar-refractivity contribution in [3.8, 4) is 5.75 Å². The summed E-state index contributed by atoms with van der Waals surface area (Å²) in [5.41, 5.74) is 1.17. The van der Waals surface area contributed by atoms with Crippen LogP contribution in [0.2, 0.25) is 0 Å². The Morgan fingerprint density at radius 1 is 1.05 bits per heavy atom. The highest BCUT2D eigenvalue weighted by Gasteiger charge is 2.15. The molecule has 0 unspecified atom stereocenters. The standard InChI is InChI=1S/C17H16O4S/c1-3-16(13-8-5-4-6-9-13)17(18)21-14-10-7-11-15(12-14)22(2,19)20/h3-12H,1-2H3. The van der Waals surface area contributed by atoms with Gasteiger partial charge in [0.15, 0.2) is 9.84 Å². The third-order valence-electron chi connectivity index (χ3n) is 3.04. The lowest BCUT2D eigenvalue weighted by molar-refractivity contribution is -0.127. The van der Waals surface area contributed by atoms with Crippen LogP contribution in [0.5, 0.6) is 5.75 Å². The molecule has 0 aliphatic rings. The van der Waals surface area contributed by atoms with Gasteiger partial charge in [0.25, 0.3) is 0 Å². The Balaban J connectivity index is 2.26. The van der Waals surface area contributed by atoms with Gasteiger partial charge in [-0.15, -0.1) is 0 Å². The number of esters is 1. The molecule has 0 aromatic heterocycles. The first-order valence-electron chi connectivity index (χ1n) is 6.66. The normalized spacial score (nSPS) is 12.0. The number of carbonyl (C=O) groups is 1. The van der Waals surface area contributed by atoms with Gasteiger partial charge in [-0.05, 0) is 30.7 Å². The minimum absolute atomic E-state index is 0.111. The van der Waals surface area contributed by atoms with Gasteiger partial charge in [0.2, 0.25) is 0 Å². The average Bonchev–Trinajstić information content (AvgIpc) is 2.48. The first-order valence-corrected chi connectivity index (χ1v) is 8.55. The van der Waals surface area contributed by atoms with Crippen molar-refractivity contribution in [2.75, 3.05) is 6.26 Å². The van der Waals surface area contributed by atoms with E-state index in [2.05, 4.69) is 0 Å². The third-order valence-corrected chi connectivity index (χ3v) is 4.15. The molecule has 0 bridgehead atoms. The largest absolute Gasteiger partial charge is 0.423 e. The van der Waals surface area contributed by atoms with E-state index in [0.29, 0.717) is 5.57 Å². The Morgan fingerprint density at radius 3 is 2.32 bits per heavy atom. The molecule has 114 valence electrons. The Kier molecular flexibility index (Phi) is 4.78. The van der Waals surface area contributed by atoms with Crippen LogP contribution in [0.4, 0.5) is 0 Å². The highest BCUT2D eigenvalue weighted by molar-refractivity contribution is 7.90. The van der Waals surface area contributed by atoms with Crippen LogP contribution in [-0.2, 0) is 14.6 Å². The second-order valence-electron chi connectivity index (χ2n) is 4.70. The number of allylic oxidation sites excluding steroid dienone is 1. The van der Waals surface area contributed by atoms with E-state index in [-0.39, 0.29) is 10.6 Å². The molecule has 2 aromatic carbocycles. The second-order valence-corrected chi connectivity index (χ2v) is 6.72. The Hall–Kier alpha value is -2.40. The van der Waals surface area contributed by atoms with Gasteiger partial charge < -0.3 is 4.74 Å². The molecule has 0 spiro atoms. The maximum atomic E-state index is 12.3. The van der Waals surface area contributed by atoms with E-state index in [1.54, 1.807) is 19.1 Å². The van der Waals surface area contributed by atoms with Crippen molar-refractivity contribution in [3.05, 3.63) is 66.2 Å². The maximum absolute atomic E-state index is 12.3. The van der Waals surface area contributed by atoms with Gasteiger partial charge in [-0.1, -0.05) is 42.5 Å². The van der Waals surface area contributed by atoms with Gasteiger partial charge in [-0.2, -0.15) is 0 Å². The monoisotopic (exact) mass is 316 g/mol. The van der Waals surface area contributed by atoms with E-state index in [1.165, 1.54) is 18.2 Å². The van der Waals surface area contributed by atoms with Crippen molar-refractivity contribution in [2.24, 2.45) is 0 Å². The lowest BCUT2D eigenvalue weighted by Crippen LogP contribution is -2.10. The fourth-order valence-corrected chi connectivity index (χ4v) is 2.61. The van der Waals surface area contributed by atoms with Crippen molar-refractivity contribution in [2.45, 2.75) is 11.8 Å². The summed E-state index contributed by atoms with van der Waals surface area (Å²) >= 11 is 0. The van der Waals surface area contributed by atoms with Crippen LogP contribution in [0.15, 0.2) is 65.6 Å². The number of ether oxygens (including phenoxy) is 1. The summed E-state index contributed by atoms with van der Waals surface area (Å²) < 4.78 is 28.3. The number of sulfone groups is 1. The van der Waals surface area contributed by atoms with Crippen LogP contribution in [0.3, 0.4) is 0 Å². The summed E-state index contributed by atoms with van der Waals surface area (Å²) in [7, 11) is -3.35. The third kappa shape index (κ3) is 3.83. The van der Waals surface area contributed by atoms with Gasteiger partial charge in [0.05, 0.1) is 10.5 Å². The van der Waals surface area contributed by atoms with E-state index in [0.717, 1.165) is 11.8 Å². The average molecular weight is 316 g/mol. The number of rotatable bonds is 4. The van der Waals surface area contributed by atoms with Gasteiger partial charge in [0, 0.05) is 6.26 Å².